The van der Waals surface area contributed by atoms with Gasteiger partial charge in [-0.25, -0.2) is 4.98 Å². The van der Waals surface area contributed by atoms with Gasteiger partial charge < -0.3 is 20.4 Å². The summed E-state index contributed by atoms with van der Waals surface area (Å²) >= 11 is 0. The third kappa shape index (κ3) is 6.54. The number of imidazole rings is 1. The van der Waals surface area contributed by atoms with Gasteiger partial charge in [-0.1, -0.05) is 56.4 Å². The average molecular weight is 503 g/mol. The van der Waals surface area contributed by atoms with E-state index in [1.54, 1.807) is 0 Å². The molecule has 1 aromatic heterocycles. The number of anilines is 2. The third-order valence-electron chi connectivity index (χ3n) is 7.92. The number of aromatic nitrogens is 2. The van der Waals surface area contributed by atoms with Crippen molar-refractivity contribution in [2.45, 2.75) is 78.2 Å². The smallest absolute Gasteiger partial charge is 0.306 e. The van der Waals surface area contributed by atoms with E-state index < -0.39 is 0 Å². The first-order valence-electron chi connectivity index (χ1n) is 13.7. The number of nitrogens with two attached hydrogens (primary N) is 1. The molecule has 1 unspecified atom stereocenters. The second-order valence-electron chi connectivity index (χ2n) is 10.5. The predicted octanol–water partition coefficient (Wildman–Crippen LogP) is 6.38. The van der Waals surface area contributed by atoms with E-state index in [0.717, 1.165) is 41.3 Å². The SMILES string of the molecule is CCOC(=O)CC(c1ccc(C)c(Cn2cnc(CC3CCCCC3)c2)c1)c1ccc(NC)c(N)c1C. The van der Waals surface area contributed by atoms with E-state index in [2.05, 4.69) is 47.3 Å². The lowest BCUT2D eigenvalue weighted by atomic mass is 9.84. The molecule has 1 heterocycles. The first kappa shape index (κ1) is 26.8. The Kier molecular flexibility index (Phi) is 8.91. The van der Waals surface area contributed by atoms with E-state index >= 15 is 0 Å². The number of benzene rings is 2. The molecule has 0 saturated heterocycles. The van der Waals surface area contributed by atoms with E-state index in [9.17, 15) is 4.79 Å². The van der Waals surface area contributed by atoms with Crippen molar-refractivity contribution in [1.29, 1.82) is 0 Å². The molecule has 0 bridgehead atoms. The molecule has 1 saturated carbocycles. The van der Waals surface area contributed by atoms with Gasteiger partial charge in [-0.15, -0.1) is 0 Å². The summed E-state index contributed by atoms with van der Waals surface area (Å²) in [5.74, 6) is 0.430. The molecule has 6 heteroatoms. The predicted molar refractivity (Wildman–Crippen MR) is 151 cm³/mol. The number of carbonyl (C=O) groups is 1. The number of nitrogen functional groups attached to an aromatic ring is 1. The van der Waals surface area contributed by atoms with Crippen LogP contribution in [0.1, 0.15) is 84.9 Å². The molecule has 1 aliphatic carbocycles. The van der Waals surface area contributed by atoms with E-state index in [1.165, 1.54) is 48.9 Å². The molecule has 198 valence electrons. The topological polar surface area (TPSA) is 82.2 Å². The molecular formula is C31H42N4O2. The maximum atomic E-state index is 12.7. The highest BCUT2D eigenvalue weighted by atomic mass is 16.5. The van der Waals surface area contributed by atoms with Crippen molar-refractivity contribution in [1.82, 2.24) is 9.55 Å². The van der Waals surface area contributed by atoms with Gasteiger partial charge >= 0.3 is 5.97 Å². The molecule has 6 nitrogen and oxygen atoms in total. The van der Waals surface area contributed by atoms with Crippen molar-refractivity contribution in [3.05, 3.63) is 76.4 Å². The second-order valence-corrected chi connectivity index (χ2v) is 10.5. The number of rotatable bonds is 10. The first-order valence-corrected chi connectivity index (χ1v) is 13.7. The van der Waals surface area contributed by atoms with Crippen molar-refractivity contribution in [3.63, 3.8) is 0 Å². The van der Waals surface area contributed by atoms with E-state index in [4.69, 9.17) is 15.5 Å². The standard InChI is InChI=1S/C31H42N4O2/c1-5-37-30(36)17-28(27-13-14-29(33-4)31(32)22(27)3)24-12-11-21(2)25(16-24)18-35-19-26(34-20-35)15-23-9-7-6-8-10-23/h11-14,16,19-20,23,28,33H,5-10,15,17-18,32H2,1-4H3. The van der Waals surface area contributed by atoms with Gasteiger partial charge in [0.1, 0.15) is 0 Å². The van der Waals surface area contributed by atoms with Gasteiger partial charge in [0, 0.05) is 25.7 Å². The first-order chi connectivity index (χ1) is 17.9. The average Bonchev–Trinajstić information content (AvgIpc) is 3.33. The summed E-state index contributed by atoms with van der Waals surface area (Å²) in [6, 6.07) is 10.6. The Labute approximate surface area is 221 Å². The van der Waals surface area contributed by atoms with Gasteiger partial charge in [-0.05, 0) is 67.0 Å². The Hall–Kier alpha value is -3.28. The van der Waals surface area contributed by atoms with E-state index in [-0.39, 0.29) is 18.3 Å². The highest BCUT2D eigenvalue weighted by molar-refractivity contribution is 5.75. The number of carbonyl (C=O) groups excluding carboxylic acids is 1. The molecule has 4 rings (SSSR count). The summed E-state index contributed by atoms with van der Waals surface area (Å²) in [5.41, 5.74) is 14.8. The number of hydrogen-bond donors (Lipinski definition) is 2. The normalized spacial score (nSPS) is 14.9. The summed E-state index contributed by atoms with van der Waals surface area (Å²) in [6.45, 7) is 7.13. The van der Waals surface area contributed by atoms with E-state index in [1.807, 2.05) is 33.3 Å². The summed E-state index contributed by atoms with van der Waals surface area (Å²) in [6.07, 6.45) is 12.3. The Balaban J connectivity index is 1.61. The lowest BCUT2D eigenvalue weighted by Gasteiger charge is -2.23. The molecule has 0 spiro atoms. The van der Waals surface area contributed by atoms with Crippen LogP contribution in [0.3, 0.4) is 0 Å². The van der Waals surface area contributed by atoms with E-state index in [0.29, 0.717) is 12.3 Å². The van der Waals surface area contributed by atoms with Gasteiger partial charge in [-0.3, -0.25) is 4.79 Å². The van der Waals surface area contributed by atoms with Crippen LogP contribution >= 0.6 is 0 Å². The maximum absolute atomic E-state index is 12.7. The van der Waals surface area contributed by atoms with Crippen LogP contribution in [0.2, 0.25) is 0 Å². The molecule has 3 N–H and O–H groups in total. The van der Waals surface area contributed by atoms with Crippen LogP contribution in [0.5, 0.6) is 0 Å². The van der Waals surface area contributed by atoms with Gasteiger partial charge in [0.25, 0.3) is 0 Å². The Bertz CT molecular complexity index is 1210. The fourth-order valence-electron chi connectivity index (χ4n) is 5.70. The molecule has 37 heavy (non-hydrogen) atoms. The number of aryl methyl sites for hydroxylation is 1. The maximum Gasteiger partial charge on any atom is 0.306 e. The molecule has 2 aromatic carbocycles. The Morgan fingerprint density at radius 1 is 1.19 bits per heavy atom. The van der Waals surface area contributed by atoms with Crippen LogP contribution in [-0.4, -0.2) is 29.2 Å². The van der Waals surface area contributed by atoms with Crippen LogP contribution in [0, 0.1) is 19.8 Å². The fourth-order valence-corrected chi connectivity index (χ4v) is 5.70. The quantitative estimate of drug-likeness (QED) is 0.248. The molecule has 0 radical (unpaired) electrons. The molecule has 0 aliphatic heterocycles. The number of nitrogens with one attached hydrogen (secondary N) is 1. The van der Waals surface area contributed by atoms with Gasteiger partial charge in [0.15, 0.2) is 0 Å². The fraction of sp³-hybridized carbons (Fsp3) is 0.484. The molecular weight excluding hydrogens is 460 g/mol. The zero-order valence-electron chi connectivity index (χ0n) is 22.8. The second kappa shape index (κ2) is 12.3. The van der Waals surface area contributed by atoms with Gasteiger partial charge in [-0.2, -0.15) is 0 Å². The molecule has 1 atom stereocenters. The Morgan fingerprint density at radius 2 is 1.97 bits per heavy atom. The van der Waals surface area contributed by atoms with Crippen LogP contribution < -0.4 is 11.1 Å². The van der Waals surface area contributed by atoms with Crippen molar-refractivity contribution in [2.24, 2.45) is 5.92 Å². The minimum absolute atomic E-state index is 0.142. The van der Waals surface area contributed by atoms with Gasteiger partial charge in [0.05, 0.1) is 36.4 Å². The number of ether oxygens (including phenoxy) is 1. The van der Waals surface area contributed by atoms with Crippen molar-refractivity contribution in [2.75, 3.05) is 24.7 Å². The van der Waals surface area contributed by atoms with Crippen LogP contribution in [-0.2, 0) is 22.5 Å². The molecule has 1 fully saturated rings. The molecule has 1 aliphatic rings. The zero-order chi connectivity index (χ0) is 26.4. The molecule has 3 aromatic rings. The molecule has 0 amide bonds. The summed E-state index contributed by atoms with van der Waals surface area (Å²) in [5, 5.41) is 3.15. The number of hydrogen-bond acceptors (Lipinski definition) is 5. The number of nitrogens with zero attached hydrogens (tertiary/aromatic N) is 2. The lowest BCUT2D eigenvalue weighted by Crippen LogP contribution is -2.14. The van der Waals surface area contributed by atoms with Crippen LogP contribution in [0.25, 0.3) is 0 Å². The minimum atomic E-state index is -0.202. The largest absolute Gasteiger partial charge is 0.466 e. The number of esters is 1. The highest BCUT2D eigenvalue weighted by Gasteiger charge is 2.23. The Morgan fingerprint density at radius 3 is 2.70 bits per heavy atom. The summed E-state index contributed by atoms with van der Waals surface area (Å²) in [4.78, 5) is 17.4. The van der Waals surface area contributed by atoms with Crippen molar-refractivity contribution < 1.29 is 9.53 Å². The highest BCUT2D eigenvalue weighted by Crippen LogP contribution is 2.36. The van der Waals surface area contributed by atoms with Crippen molar-refractivity contribution >= 4 is 17.3 Å². The third-order valence-corrected chi connectivity index (χ3v) is 7.92. The summed E-state index contributed by atoms with van der Waals surface area (Å²) in [7, 11) is 1.86. The van der Waals surface area contributed by atoms with Gasteiger partial charge in [0.2, 0.25) is 0 Å². The lowest BCUT2D eigenvalue weighted by molar-refractivity contribution is -0.143. The van der Waals surface area contributed by atoms with Crippen molar-refractivity contribution in [3.8, 4) is 0 Å². The zero-order valence-corrected chi connectivity index (χ0v) is 22.8. The van der Waals surface area contributed by atoms with Crippen LogP contribution in [0.4, 0.5) is 11.4 Å². The minimum Gasteiger partial charge on any atom is -0.466 e. The summed E-state index contributed by atoms with van der Waals surface area (Å²) < 4.78 is 7.54. The van der Waals surface area contributed by atoms with Crippen LogP contribution in [0.15, 0.2) is 42.9 Å². The monoisotopic (exact) mass is 502 g/mol.